The summed E-state index contributed by atoms with van der Waals surface area (Å²) < 4.78 is 5.29. The van der Waals surface area contributed by atoms with E-state index in [9.17, 15) is 9.90 Å². The molecular formula is C11H12O3. The van der Waals surface area contributed by atoms with Crippen LogP contribution in [0.5, 0.6) is 5.75 Å². The summed E-state index contributed by atoms with van der Waals surface area (Å²) in [5.41, 5.74) is 3.06. The van der Waals surface area contributed by atoms with E-state index in [0.717, 1.165) is 23.0 Å². The first kappa shape index (κ1) is 9.21. The molecule has 0 aromatic heterocycles. The smallest absolute Gasteiger partial charge is 0.120 e. The normalized spacial score (nSPS) is 14.0. The molecule has 0 atom stereocenters. The summed E-state index contributed by atoms with van der Waals surface area (Å²) >= 11 is 0. The zero-order valence-electron chi connectivity index (χ0n) is 7.82. The van der Waals surface area contributed by atoms with Gasteiger partial charge < -0.3 is 14.6 Å². The standard InChI is InChI=1S/C11H12O3/c12-5-1-2-9-10-7-14-6-8(10)3-4-11(9)13/h3-5,13H,1-2,6-7H2. The third-order valence-electron chi connectivity index (χ3n) is 2.52. The van der Waals surface area contributed by atoms with Crippen LogP contribution < -0.4 is 0 Å². The molecule has 1 aliphatic rings. The van der Waals surface area contributed by atoms with E-state index in [1.165, 1.54) is 0 Å². The highest BCUT2D eigenvalue weighted by molar-refractivity contribution is 5.52. The highest BCUT2D eigenvalue weighted by Crippen LogP contribution is 2.30. The van der Waals surface area contributed by atoms with Crippen LogP contribution in [-0.2, 0) is 29.2 Å². The summed E-state index contributed by atoms with van der Waals surface area (Å²) in [6.07, 6.45) is 1.92. The van der Waals surface area contributed by atoms with E-state index in [4.69, 9.17) is 4.74 Å². The topological polar surface area (TPSA) is 46.5 Å². The molecule has 14 heavy (non-hydrogen) atoms. The second-order valence-electron chi connectivity index (χ2n) is 3.40. The summed E-state index contributed by atoms with van der Waals surface area (Å²) in [6, 6.07) is 3.55. The quantitative estimate of drug-likeness (QED) is 0.739. The van der Waals surface area contributed by atoms with Gasteiger partial charge >= 0.3 is 0 Å². The van der Waals surface area contributed by atoms with Gasteiger partial charge in [-0.05, 0) is 23.6 Å². The maximum Gasteiger partial charge on any atom is 0.120 e. The zero-order valence-corrected chi connectivity index (χ0v) is 7.82. The third kappa shape index (κ3) is 1.51. The Kier molecular flexibility index (Phi) is 2.50. The van der Waals surface area contributed by atoms with E-state index >= 15 is 0 Å². The van der Waals surface area contributed by atoms with Crippen molar-refractivity contribution >= 4 is 6.29 Å². The molecule has 0 radical (unpaired) electrons. The fraction of sp³-hybridized carbons (Fsp3) is 0.364. The minimum atomic E-state index is 0.274. The van der Waals surface area contributed by atoms with Gasteiger partial charge in [0.2, 0.25) is 0 Å². The molecule has 1 aromatic rings. The van der Waals surface area contributed by atoms with Crippen LogP contribution in [0.1, 0.15) is 23.1 Å². The minimum absolute atomic E-state index is 0.274. The van der Waals surface area contributed by atoms with E-state index in [1.807, 2.05) is 6.07 Å². The van der Waals surface area contributed by atoms with Crippen molar-refractivity contribution in [2.24, 2.45) is 0 Å². The largest absolute Gasteiger partial charge is 0.508 e. The highest BCUT2D eigenvalue weighted by atomic mass is 16.5. The number of ether oxygens (including phenoxy) is 1. The third-order valence-corrected chi connectivity index (χ3v) is 2.52. The summed E-state index contributed by atoms with van der Waals surface area (Å²) in [7, 11) is 0. The van der Waals surface area contributed by atoms with E-state index < -0.39 is 0 Å². The predicted octanol–water partition coefficient (Wildman–Crippen LogP) is 1.55. The number of benzene rings is 1. The van der Waals surface area contributed by atoms with Crippen LogP contribution >= 0.6 is 0 Å². The molecule has 0 fully saturated rings. The van der Waals surface area contributed by atoms with Crippen LogP contribution in [-0.4, -0.2) is 11.4 Å². The van der Waals surface area contributed by atoms with Crippen LogP contribution in [0.25, 0.3) is 0 Å². The average Bonchev–Trinajstić information content (AvgIpc) is 2.64. The van der Waals surface area contributed by atoms with Gasteiger partial charge in [0, 0.05) is 12.0 Å². The SMILES string of the molecule is O=CCCc1c(O)ccc2c1COC2. The molecule has 1 aliphatic heterocycles. The number of phenolic OH excluding ortho intramolecular Hbond substituents is 1. The number of phenols is 1. The van der Waals surface area contributed by atoms with E-state index in [1.54, 1.807) is 6.07 Å². The van der Waals surface area contributed by atoms with Crippen LogP contribution in [0.3, 0.4) is 0 Å². The van der Waals surface area contributed by atoms with Gasteiger partial charge in [0.1, 0.15) is 12.0 Å². The van der Waals surface area contributed by atoms with E-state index in [-0.39, 0.29) is 5.75 Å². The van der Waals surface area contributed by atoms with E-state index in [0.29, 0.717) is 26.1 Å². The molecule has 0 saturated heterocycles. The van der Waals surface area contributed by atoms with Crippen molar-refractivity contribution in [1.29, 1.82) is 0 Å². The number of aldehydes is 1. The Morgan fingerprint density at radius 1 is 1.43 bits per heavy atom. The molecule has 2 rings (SSSR count). The molecule has 3 heteroatoms. The molecule has 1 aromatic carbocycles. The number of fused-ring (bicyclic) bond motifs is 1. The molecule has 74 valence electrons. The second-order valence-corrected chi connectivity index (χ2v) is 3.40. The summed E-state index contributed by atoms with van der Waals surface area (Å²) in [5.74, 6) is 0.274. The van der Waals surface area contributed by atoms with Crippen LogP contribution in [0, 0.1) is 0 Å². The van der Waals surface area contributed by atoms with Crippen molar-refractivity contribution in [3.63, 3.8) is 0 Å². The first-order valence-corrected chi connectivity index (χ1v) is 4.67. The van der Waals surface area contributed by atoms with Gasteiger partial charge in [-0.3, -0.25) is 0 Å². The number of aromatic hydroxyl groups is 1. The van der Waals surface area contributed by atoms with Crippen molar-refractivity contribution < 1.29 is 14.6 Å². The molecule has 0 bridgehead atoms. The molecular weight excluding hydrogens is 180 g/mol. The predicted molar refractivity (Wildman–Crippen MR) is 51.0 cm³/mol. The summed E-state index contributed by atoms with van der Waals surface area (Å²) in [6.45, 7) is 1.17. The lowest BCUT2D eigenvalue weighted by atomic mass is 9.99. The van der Waals surface area contributed by atoms with Gasteiger partial charge in [0.25, 0.3) is 0 Å². The average molecular weight is 192 g/mol. The molecule has 0 spiro atoms. The molecule has 3 nitrogen and oxygen atoms in total. The Labute approximate surface area is 82.3 Å². The highest BCUT2D eigenvalue weighted by Gasteiger charge is 2.17. The molecule has 0 amide bonds. The van der Waals surface area contributed by atoms with Gasteiger partial charge in [-0.25, -0.2) is 0 Å². The molecule has 1 N–H and O–H groups in total. The summed E-state index contributed by atoms with van der Waals surface area (Å²) in [4.78, 5) is 10.3. The lowest BCUT2D eigenvalue weighted by molar-refractivity contribution is -0.107. The molecule has 0 saturated carbocycles. The number of hydrogen-bond acceptors (Lipinski definition) is 3. The Balaban J connectivity index is 2.36. The number of carbonyl (C=O) groups excluding carboxylic acids is 1. The fourth-order valence-electron chi connectivity index (χ4n) is 1.79. The maximum absolute atomic E-state index is 10.3. The Bertz CT molecular complexity index is 358. The van der Waals surface area contributed by atoms with Crippen molar-refractivity contribution in [2.45, 2.75) is 26.1 Å². The van der Waals surface area contributed by atoms with Crippen LogP contribution in [0.4, 0.5) is 0 Å². The lowest BCUT2D eigenvalue weighted by Gasteiger charge is -2.07. The Morgan fingerprint density at radius 2 is 2.29 bits per heavy atom. The van der Waals surface area contributed by atoms with Crippen LogP contribution in [0.2, 0.25) is 0 Å². The van der Waals surface area contributed by atoms with Gasteiger partial charge in [-0.2, -0.15) is 0 Å². The Morgan fingerprint density at radius 3 is 3.07 bits per heavy atom. The minimum Gasteiger partial charge on any atom is -0.508 e. The van der Waals surface area contributed by atoms with Gasteiger partial charge in [-0.15, -0.1) is 0 Å². The monoisotopic (exact) mass is 192 g/mol. The second kappa shape index (κ2) is 3.80. The van der Waals surface area contributed by atoms with Gasteiger partial charge in [-0.1, -0.05) is 6.07 Å². The summed E-state index contributed by atoms with van der Waals surface area (Å²) in [5, 5.41) is 9.63. The maximum atomic E-state index is 10.3. The van der Waals surface area contributed by atoms with Crippen molar-refractivity contribution in [2.75, 3.05) is 0 Å². The fourth-order valence-corrected chi connectivity index (χ4v) is 1.79. The first-order chi connectivity index (χ1) is 6.83. The molecule has 0 unspecified atom stereocenters. The number of carbonyl (C=O) groups is 1. The zero-order chi connectivity index (χ0) is 9.97. The van der Waals surface area contributed by atoms with Gasteiger partial charge in [0.05, 0.1) is 13.2 Å². The Hall–Kier alpha value is -1.35. The number of rotatable bonds is 3. The van der Waals surface area contributed by atoms with E-state index in [2.05, 4.69) is 0 Å². The molecule has 0 aliphatic carbocycles. The number of hydrogen-bond donors (Lipinski definition) is 1. The van der Waals surface area contributed by atoms with Crippen LogP contribution in [0.15, 0.2) is 12.1 Å². The van der Waals surface area contributed by atoms with Crippen molar-refractivity contribution in [1.82, 2.24) is 0 Å². The van der Waals surface area contributed by atoms with Crippen molar-refractivity contribution in [3.05, 3.63) is 28.8 Å². The lowest BCUT2D eigenvalue weighted by Crippen LogP contribution is -1.95. The van der Waals surface area contributed by atoms with Gasteiger partial charge in [0.15, 0.2) is 0 Å². The molecule has 1 heterocycles. The first-order valence-electron chi connectivity index (χ1n) is 4.67. The van der Waals surface area contributed by atoms with Crippen molar-refractivity contribution in [3.8, 4) is 5.75 Å².